The molecule has 0 aliphatic heterocycles. The van der Waals surface area contributed by atoms with E-state index in [0.29, 0.717) is 19.8 Å². The lowest BCUT2D eigenvalue weighted by atomic mass is 10.2. The summed E-state index contributed by atoms with van der Waals surface area (Å²) in [7, 11) is 3.27. The van der Waals surface area contributed by atoms with E-state index in [1.807, 2.05) is 11.8 Å². The first-order chi connectivity index (χ1) is 7.61. The molecule has 94 valence electrons. The number of hydrogen-bond donors (Lipinski definition) is 1. The molecule has 1 aliphatic carbocycles. The molecule has 5 heteroatoms. The number of rotatable bonds is 7. The van der Waals surface area contributed by atoms with Crippen molar-refractivity contribution in [3.63, 3.8) is 0 Å². The standard InChI is InChI=1S/C11H22N2O3/c1-8(7-16-3)13(4-5-15-2)11(14)9-6-10(9)12/h8-10H,4-7,12H2,1-3H3. The van der Waals surface area contributed by atoms with Gasteiger partial charge in [0.15, 0.2) is 0 Å². The molecule has 5 nitrogen and oxygen atoms in total. The lowest BCUT2D eigenvalue weighted by Gasteiger charge is -2.28. The van der Waals surface area contributed by atoms with Crippen molar-refractivity contribution >= 4 is 5.91 Å². The summed E-state index contributed by atoms with van der Waals surface area (Å²) in [6.45, 7) is 3.66. The van der Waals surface area contributed by atoms with Crippen molar-refractivity contribution in [3.8, 4) is 0 Å². The average molecular weight is 230 g/mol. The topological polar surface area (TPSA) is 64.8 Å². The fourth-order valence-corrected chi connectivity index (χ4v) is 1.78. The molecule has 0 bridgehead atoms. The SMILES string of the molecule is COCCN(C(=O)C1CC1N)C(C)COC. The van der Waals surface area contributed by atoms with Gasteiger partial charge >= 0.3 is 0 Å². The van der Waals surface area contributed by atoms with E-state index in [9.17, 15) is 4.79 Å². The number of amides is 1. The Hall–Kier alpha value is -0.650. The molecule has 2 N–H and O–H groups in total. The van der Waals surface area contributed by atoms with Gasteiger partial charge in [-0.3, -0.25) is 4.79 Å². The minimum Gasteiger partial charge on any atom is -0.383 e. The molecular weight excluding hydrogens is 208 g/mol. The summed E-state index contributed by atoms with van der Waals surface area (Å²) in [5.41, 5.74) is 5.70. The summed E-state index contributed by atoms with van der Waals surface area (Å²) >= 11 is 0. The van der Waals surface area contributed by atoms with Crippen molar-refractivity contribution in [2.75, 3.05) is 34.0 Å². The lowest BCUT2D eigenvalue weighted by molar-refractivity contribution is -0.136. The number of nitrogens with two attached hydrogens (primary N) is 1. The van der Waals surface area contributed by atoms with Crippen LogP contribution in [0.3, 0.4) is 0 Å². The molecule has 0 spiro atoms. The van der Waals surface area contributed by atoms with E-state index in [4.69, 9.17) is 15.2 Å². The summed E-state index contributed by atoms with van der Waals surface area (Å²) in [6, 6.07) is 0.118. The zero-order valence-corrected chi connectivity index (χ0v) is 10.3. The largest absolute Gasteiger partial charge is 0.383 e. The number of nitrogens with zero attached hydrogens (tertiary/aromatic N) is 1. The van der Waals surface area contributed by atoms with Crippen molar-refractivity contribution in [3.05, 3.63) is 0 Å². The fraction of sp³-hybridized carbons (Fsp3) is 0.909. The van der Waals surface area contributed by atoms with E-state index in [2.05, 4.69) is 0 Å². The maximum absolute atomic E-state index is 12.1. The second kappa shape index (κ2) is 6.18. The van der Waals surface area contributed by atoms with Crippen LogP contribution in [0.4, 0.5) is 0 Å². The summed E-state index contributed by atoms with van der Waals surface area (Å²) in [5.74, 6) is 0.144. The quantitative estimate of drug-likeness (QED) is 0.660. The molecule has 16 heavy (non-hydrogen) atoms. The highest BCUT2D eigenvalue weighted by Crippen LogP contribution is 2.30. The van der Waals surface area contributed by atoms with E-state index in [1.54, 1.807) is 14.2 Å². The third-order valence-electron chi connectivity index (χ3n) is 2.92. The normalized spacial score (nSPS) is 25.2. The predicted molar refractivity (Wildman–Crippen MR) is 61.0 cm³/mol. The monoisotopic (exact) mass is 230 g/mol. The Morgan fingerprint density at radius 2 is 2.12 bits per heavy atom. The van der Waals surface area contributed by atoms with E-state index < -0.39 is 0 Å². The van der Waals surface area contributed by atoms with Crippen molar-refractivity contribution < 1.29 is 14.3 Å². The van der Waals surface area contributed by atoms with E-state index in [1.165, 1.54) is 0 Å². The van der Waals surface area contributed by atoms with Gasteiger partial charge in [-0.1, -0.05) is 0 Å². The molecule has 3 atom stereocenters. The number of carbonyl (C=O) groups is 1. The summed E-state index contributed by atoms with van der Waals surface area (Å²) in [5, 5.41) is 0. The van der Waals surface area contributed by atoms with Gasteiger partial charge in [0, 0.05) is 26.8 Å². The van der Waals surface area contributed by atoms with Crippen LogP contribution in [0, 0.1) is 5.92 Å². The molecular formula is C11H22N2O3. The van der Waals surface area contributed by atoms with Gasteiger partial charge in [-0.25, -0.2) is 0 Å². The highest BCUT2D eigenvalue weighted by Gasteiger charge is 2.43. The molecule has 3 unspecified atom stereocenters. The van der Waals surface area contributed by atoms with Crippen LogP contribution in [-0.4, -0.2) is 56.9 Å². The van der Waals surface area contributed by atoms with Crippen LogP contribution < -0.4 is 5.73 Å². The highest BCUT2D eigenvalue weighted by atomic mass is 16.5. The van der Waals surface area contributed by atoms with Gasteiger partial charge in [-0.05, 0) is 13.3 Å². The van der Waals surface area contributed by atoms with Gasteiger partial charge in [-0.2, -0.15) is 0 Å². The van der Waals surface area contributed by atoms with Crippen LogP contribution in [-0.2, 0) is 14.3 Å². The number of carbonyl (C=O) groups excluding carboxylic acids is 1. The van der Waals surface area contributed by atoms with Gasteiger partial charge in [0.2, 0.25) is 5.91 Å². The molecule has 0 heterocycles. The van der Waals surface area contributed by atoms with Crippen molar-refractivity contribution in [2.24, 2.45) is 11.7 Å². The Bertz CT molecular complexity index is 235. The highest BCUT2D eigenvalue weighted by molar-refractivity contribution is 5.82. The fourth-order valence-electron chi connectivity index (χ4n) is 1.78. The Labute approximate surface area is 96.9 Å². The molecule has 1 amide bonds. The minimum absolute atomic E-state index is 0.0103. The molecule has 0 radical (unpaired) electrons. The maximum Gasteiger partial charge on any atom is 0.227 e. The molecule has 0 aromatic heterocycles. The summed E-state index contributed by atoms with van der Waals surface area (Å²) in [6.07, 6.45) is 0.808. The first kappa shape index (κ1) is 13.4. The Balaban J connectivity index is 2.51. The minimum atomic E-state index is 0.0103. The van der Waals surface area contributed by atoms with Crippen LogP contribution >= 0.6 is 0 Å². The number of hydrogen-bond acceptors (Lipinski definition) is 4. The molecule has 1 rings (SSSR count). The van der Waals surface area contributed by atoms with Crippen molar-refractivity contribution in [2.45, 2.75) is 25.4 Å². The molecule has 0 aromatic carbocycles. The first-order valence-corrected chi connectivity index (χ1v) is 5.65. The van der Waals surface area contributed by atoms with Gasteiger partial charge < -0.3 is 20.1 Å². The second-order valence-corrected chi connectivity index (χ2v) is 4.33. The van der Waals surface area contributed by atoms with Crippen LogP contribution in [0.2, 0.25) is 0 Å². The molecule has 0 saturated heterocycles. The average Bonchev–Trinajstić information content (AvgIpc) is 2.96. The predicted octanol–water partition coefficient (Wildman–Crippen LogP) is -0.156. The molecule has 1 fully saturated rings. The Morgan fingerprint density at radius 1 is 1.50 bits per heavy atom. The summed E-state index contributed by atoms with van der Waals surface area (Å²) in [4.78, 5) is 13.9. The molecule has 0 aromatic rings. The third kappa shape index (κ3) is 3.43. The van der Waals surface area contributed by atoms with Crippen LogP contribution in [0.25, 0.3) is 0 Å². The summed E-state index contributed by atoms with van der Waals surface area (Å²) < 4.78 is 10.1. The van der Waals surface area contributed by atoms with Crippen molar-refractivity contribution in [1.29, 1.82) is 0 Å². The first-order valence-electron chi connectivity index (χ1n) is 5.65. The maximum atomic E-state index is 12.1. The molecule has 1 saturated carbocycles. The third-order valence-corrected chi connectivity index (χ3v) is 2.92. The number of methoxy groups -OCH3 is 2. The lowest BCUT2D eigenvalue weighted by Crippen LogP contribution is -2.44. The zero-order valence-electron chi connectivity index (χ0n) is 10.3. The van der Waals surface area contributed by atoms with Crippen molar-refractivity contribution in [1.82, 2.24) is 4.90 Å². The van der Waals surface area contributed by atoms with Gasteiger partial charge in [-0.15, -0.1) is 0 Å². The Kier molecular flexibility index (Phi) is 5.18. The Morgan fingerprint density at radius 3 is 2.56 bits per heavy atom. The van der Waals surface area contributed by atoms with E-state index >= 15 is 0 Å². The van der Waals surface area contributed by atoms with Gasteiger partial charge in [0.1, 0.15) is 0 Å². The van der Waals surface area contributed by atoms with Gasteiger partial charge in [0.05, 0.1) is 25.2 Å². The van der Waals surface area contributed by atoms with Crippen LogP contribution in [0.15, 0.2) is 0 Å². The molecule has 1 aliphatic rings. The number of ether oxygens (including phenoxy) is 2. The van der Waals surface area contributed by atoms with E-state index in [-0.39, 0.29) is 23.9 Å². The zero-order chi connectivity index (χ0) is 12.1. The van der Waals surface area contributed by atoms with Crippen LogP contribution in [0.5, 0.6) is 0 Å². The van der Waals surface area contributed by atoms with Gasteiger partial charge in [0.25, 0.3) is 0 Å². The smallest absolute Gasteiger partial charge is 0.227 e. The van der Waals surface area contributed by atoms with Crippen LogP contribution in [0.1, 0.15) is 13.3 Å². The second-order valence-electron chi connectivity index (χ2n) is 4.33. The van der Waals surface area contributed by atoms with E-state index in [0.717, 1.165) is 6.42 Å².